The number of morpholine rings is 1. The van der Waals surface area contributed by atoms with Crippen LogP contribution in [0, 0.1) is 12.7 Å². The number of carbonyl (C=O) groups excluding carboxylic acids is 2. The number of aliphatic hydroxyl groups is 3. The normalized spacial score (nSPS) is 29.8. The third kappa shape index (κ3) is 9.07. The van der Waals surface area contributed by atoms with Crippen LogP contribution in [0.5, 0.6) is 0 Å². The fourth-order valence-electron chi connectivity index (χ4n) is 6.68. The molecule has 15 heteroatoms. The highest BCUT2D eigenvalue weighted by Gasteiger charge is 2.55. The Morgan fingerprint density at radius 3 is 2.58 bits per heavy atom. The van der Waals surface area contributed by atoms with E-state index in [0.717, 1.165) is 19.0 Å². The Balaban J connectivity index is 1.48. The predicted molar refractivity (Wildman–Crippen MR) is 171 cm³/mol. The molecule has 3 aliphatic rings. The van der Waals surface area contributed by atoms with Crippen molar-refractivity contribution in [2.75, 3.05) is 52.7 Å². The number of carboxylic acids is 1. The average Bonchev–Trinajstić information content (AvgIpc) is 3.42. The van der Waals surface area contributed by atoms with Crippen molar-refractivity contribution in [1.82, 2.24) is 20.4 Å². The van der Waals surface area contributed by atoms with Crippen molar-refractivity contribution >= 4 is 17.8 Å². The van der Waals surface area contributed by atoms with E-state index in [0.29, 0.717) is 38.6 Å². The van der Waals surface area contributed by atoms with Crippen LogP contribution in [-0.2, 0) is 23.8 Å². The van der Waals surface area contributed by atoms with E-state index in [2.05, 4.69) is 20.4 Å². The first-order valence-electron chi connectivity index (χ1n) is 16.4. The number of rotatable bonds is 12. The molecule has 6 N–H and O–H groups in total. The van der Waals surface area contributed by atoms with Crippen LogP contribution in [0.3, 0.4) is 0 Å². The summed E-state index contributed by atoms with van der Waals surface area (Å²) in [5, 5.41) is 48.8. The fraction of sp³-hybridized carbons (Fsp3) is 0.727. The smallest absolute Gasteiger partial charge is 0.336 e. The second kappa shape index (κ2) is 15.4. The van der Waals surface area contributed by atoms with E-state index in [-0.39, 0.29) is 36.1 Å². The maximum Gasteiger partial charge on any atom is 0.336 e. The predicted octanol–water partition coefficient (Wildman–Crippen LogP) is 0.00302. The van der Waals surface area contributed by atoms with Gasteiger partial charge in [-0.1, -0.05) is 6.07 Å². The van der Waals surface area contributed by atoms with Crippen molar-refractivity contribution in [3.05, 3.63) is 35.1 Å². The van der Waals surface area contributed by atoms with Gasteiger partial charge in [-0.25, -0.2) is 9.18 Å². The summed E-state index contributed by atoms with van der Waals surface area (Å²) in [6.07, 6.45) is -6.23. The summed E-state index contributed by atoms with van der Waals surface area (Å²) in [4.78, 5) is 42.0. The van der Waals surface area contributed by atoms with E-state index in [1.807, 2.05) is 20.8 Å². The molecule has 270 valence electrons. The van der Waals surface area contributed by atoms with Crippen molar-refractivity contribution in [1.29, 1.82) is 0 Å². The lowest BCUT2D eigenvalue weighted by molar-refractivity contribution is -0.231. The number of likely N-dealkylation sites (tertiary alicyclic amines) is 1. The van der Waals surface area contributed by atoms with Gasteiger partial charge >= 0.3 is 5.97 Å². The number of nitrogens with one attached hydrogen (secondary N) is 2. The zero-order valence-electron chi connectivity index (χ0n) is 28.4. The van der Waals surface area contributed by atoms with Crippen LogP contribution in [0.25, 0.3) is 0 Å². The largest absolute Gasteiger partial charge is 0.479 e. The molecule has 1 aromatic rings. The Labute approximate surface area is 280 Å². The average molecular weight is 683 g/mol. The zero-order valence-corrected chi connectivity index (χ0v) is 28.4. The Hall–Kier alpha value is -2.76. The van der Waals surface area contributed by atoms with Crippen LogP contribution in [-0.4, -0.2) is 148 Å². The number of carboxylic acid groups (broad SMARTS) is 1. The van der Waals surface area contributed by atoms with Crippen LogP contribution in [0.4, 0.5) is 4.39 Å². The molecule has 4 rings (SSSR count). The zero-order chi connectivity index (χ0) is 35.4. The van der Waals surface area contributed by atoms with E-state index < -0.39 is 66.2 Å². The van der Waals surface area contributed by atoms with Gasteiger partial charge in [0.15, 0.2) is 5.60 Å². The van der Waals surface area contributed by atoms with E-state index in [4.69, 9.17) is 14.2 Å². The van der Waals surface area contributed by atoms with Gasteiger partial charge in [-0.3, -0.25) is 19.4 Å². The molecule has 0 saturated carbocycles. The molecule has 3 fully saturated rings. The van der Waals surface area contributed by atoms with Gasteiger partial charge in [0.05, 0.1) is 49.3 Å². The Bertz CT molecular complexity index is 1310. The highest BCUT2D eigenvalue weighted by molar-refractivity contribution is 5.94. The van der Waals surface area contributed by atoms with Gasteiger partial charge in [0.25, 0.3) is 5.91 Å². The van der Waals surface area contributed by atoms with E-state index in [1.54, 1.807) is 6.92 Å². The lowest BCUT2D eigenvalue weighted by Gasteiger charge is -2.49. The number of aliphatic carboxylic acids is 1. The Morgan fingerprint density at radius 1 is 1.21 bits per heavy atom. The summed E-state index contributed by atoms with van der Waals surface area (Å²) < 4.78 is 32.0. The minimum Gasteiger partial charge on any atom is -0.479 e. The van der Waals surface area contributed by atoms with Crippen molar-refractivity contribution in [2.45, 2.75) is 101 Å². The minimum absolute atomic E-state index is 0.00172. The Morgan fingerprint density at radius 2 is 1.94 bits per heavy atom. The Kier molecular flexibility index (Phi) is 12.2. The van der Waals surface area contributed by atoms with Crippen LogP contribution in [0.15, 0.2) is 18.2 Å². The standard InChI is InChI=1S/C33H51FN4O10/c1-20-6-7-22(14-23(20)34)29(43)35-16-25(41)27(42)28-26(36-21(2)39)24(40)15-33(48-28,30(44)45)9-11-38-12-13-46-18-32(38)8-10-37(17-32)19-47-31(3,4)5/h6-7,14,24-28,40-42H,8-13,15-19H2,1-5H3,(H,35,43)(H,36,39)(H,44,45)/t24-,25+,26+,27+,28+,32-,33+/m0/s1. The summed E-state index contributed by atoms with van der Waals surface area (Å²) in [5.74, 6) is -3.22. The van der Waals surface area contributed by atoms with Crippen LogP contribution in [0.1, 0.15) is 62.9 Å². The van der Waals surface area contributed by atoms with Crippen LogP contribution in [0.2, 0.25) is 0 Å². The molecule has 14 nitrogen and oxygen atoms in total. The molecule has 3 saturated heterocycles. The third-order valence-electron chi connectivity index (χ3n) is 9.49. The lowest BCUT2D eigenvalue weighted by Crippen LogP contribution is -2.68. The van der Waals surface area contributed by atoms with Crippen molar-refractivity contribution in [3.63, 3.8) is 0 Å². The number of aliphatic hydroxyl groups excluding tert-OH is 3. The van der Waals surface area contributed by atoms with Crippen LogP contribution >= 0.6 is 0 Å². The lowest BCUT2D eigenvalue weighted by atomic mass is 9.81. The molecule has 0 aromatic heterocycles. The van der Waals surface area contributed by atoms with E-state index in [1.165, 1.54) is 19.1 Å². The number of carbonyl (C=O) groups is 3. The molecule has 2 amide bonds. The van der Waals surface area contributed by atoms with Gasteiger partial charge in [0.2, 0.25) is 5.91 Å². The topological polar surface area (TPSA) is 190 Å². The van der Waals surface area contributed by atoms with Gasteiger partial charge in [-0.2, -0.15) is 0 Å². The first-order chi connectivity index (χ1) is 22.4. The molecule has 48 heavy (non-hydrogen) atoms. The van der Waals surface area contributed by atoms with E-state index in [9.17, 15) is 39.2 Å². The van der Waals surface area contributed by atoms with Crippen molar-refractivity contribution in [3.8, 4) is 0 Å². The number of hydrogen-bond donors (Lipinski definition) is 6. The molecule has 3 heterocycles. The molecule has 0 aliphatic carbocycles. The molecule has 1 aromatic carbocycles. The maximum atomic E-state index is 14.0. The number of nitrogens with zero attached hydrogens (tertiary/aromatic N) is 2. The molecule has 1 spiro atoms. The third-order valence-corrected chi connectivity index (χ3v) is 9.49. The van der Waals surface area contributed by atoms with Gasteiger partial charge in [-0.15, -0.1) is 0 Å². The SMILES string of the molecule is CC(=O)N[C@H]1[C@H]([C@H](O)[C@H](O)CNC(=O)c2ccc(C)c(F)c2)O[C@@](CCN2CCOC[C@@]23CCN(COC(C)(C)C)C3)(C(=O)O)C[C@@H]1O. The monoisotopic (exact) mass is 682 g/mol. The van der Waals surface area contributed by atoms with Gasteiger partial charge in [-0.05, 0) is 51.8 Å². The molecule has 0 unspecified atom stereocenters. The number of benzene rings is 1. The van der Waals surface area contributed by atoms with Crippen LogP contribution < -0.4 is 10.6 Å². The molecule has 3 aliphatic heterocycles. The number of amides is 2. The maximum absolute atomic E-state index is 14.0. The summed E-state index contributed by atoms with van der Waals surface area (Å²) in [6, 6.07) is 2.62. The van der Waals surface area contributed by atoms with Gasteiger partial charge in [0, 0.05) is 58.1 Å². The minimum atomic E-state index is -1.98. The molecule has 0 bridgehead atoms. The van der Waals surface area contributed by atoms with E-state index >= 15 is 0 Å². The first-order valence-corrected chi connectivity index (χ1v) is 16.4. The molecule has 7 atom stereocenters. The second-order valence-electron chi connectivity index (χ2n) is 14.3. The highest BCUT2D eigenvalue weighted by Crippen LogP contribution is 2.37. The summed E-state index contributed by atoms with van der Waals surface area (Å²) in [5.41, 5.74) is -2.31. The fourth-order valence-corrected chi connectivity index (χ4v) is 6.68. The number of hydrogen-bond acceptors (Lipinski definition) is 11. The second-order valence-corrected chi connectivity index (χ2v) is 14.3. The summed E-state index contributed by atoms with van der Waals surface area (Å²) in [6.45, 7) is 11.8. The number of aryl methyl sites for hydroxylation is 1. The molecular weight excluding hydrogens is 631 g/mol. The summed E-state index contributed by atoms with van der Waals surface area (Å²) >= 11 is 0. The first kappa shape index (κ1) is 38.0. The van der Waals surface area contributed by atoms with Gasteiger partial charge in [0.1, 0.15) is 18.0 Å². The van der Waals surface area contributed by atoms with Gasteiger partial charge < -0.3 is 45.3 Å². The summed E-state index contributed by atoms with van der Waals surface area (Å²) in [7, 11) is 0. The quantitative estimate of drug-likeness (QED) is 0.173. The highest BCUT2D eigenvalue weighted by atomic mass is 19.1. The number of ether oxygens (including phenoxy) is 3. The van der Waals surface area contributed by atoms with Crippen molar-refractivity contribution < 1.29 is 53.4 Å². The molecular formula is C33H51FN4O10. The van der Waals surface area contributed by atoms with Crippen molar-refractivity contribution in [2.24, 2.45) is 0 Å². The number of halogens is 1. The molecule has 0 radical (unpaired) electrons.